The first-order chi connectivity index (χ1) is 18.6. The van der Waals surface area contributed by atoms with E-state index in [4.69, 9.17) is 35.7 Å². The van der Waals surface area contributed by atoms with Gasteiger partial charge in [-0.3, -0.25) is 9.36 Å². The van der Waals surface area contributed by atoms with Crippen LogP contribution < -0.4 is 29.1 Å². The maximum atomic E-state index is 13.8. The maximum Gasteiger partial charge on any atom is 0.341 e. The van der Waals surface area contributed by atoms with Gasteiger partial charge in [0.1, 0.15) is 11.8 Å². The largest absolute Gasteiger partial charge is 0.496 e. The van der Waals surface area contributed by atoms with Gasteiger partial charge >= 0.3 is 11.9 Å². The maximum absolute atomic E-state index is 13.8. The van der Waals surface area contributed by atoms with Crippen LogP contribution in [0.3, 0.4) is 0 Å². The number of methoxy groups -OCH3 is 3. The number of carbonyl (C=O) groups is 2. The van der Waals surface area contributed by atoms with E-state index in [1.165, 1.54) is 25.9 Å². The van der Waals surface area contributed by atoms with Crippen LogP contribution in [0.25, 0.3) is 6.08 Å². The molecule has 0 amide bonds. The zero-order valence-electron chi connectivity index (χ0n) is 21.1. The molecule has 1 aliphatic rings. The smallest absolute Gasteiger partial charge is 0.341 e. The third kappa shape index (κ3) is 5.68. The van der Waals surface area contributed by atoms with Crippen molar-refractivity contribution in [3.63, 3.8) is 0 Å². The average molecular weight is 685 g/mol. The number of halogens is 2. The molecule has 1 aliphatic heterocycles. The Labute approximate surface area is 244 Å². The van der Waals surface area contributed by atoms with Crippen molar-refractivity contribution >= 4 is 63.5 Å². The quantitative estimate of drug-likeness (QED) is 0.284. The lowest BCUT2D eigenvalue weighted by Gasteiger charge is -2.25. The lowest BCUT2D eigenvalue weighted by molar-refractivity contribution is -0.139. The minimum Gasteiger partial charge on any atom is -0.496 e. The molecule has 2 aromatic carbocycles. The van der Waals surface area contributed by atoms with Gasteiger partial charge in [-0.25, -0.2) is 14.6 Å². The number of carbonyl (C=O) groups excluding carboxylic acids is 1. The molecule has 0 bridgehead atoms. The number of allylic oxidation sites excluding steroid dienone is 1. The van der Waals surface area contributed by atoms with Crippen LogP contribution in [-0.4, -0.2) is 49.5 Å². The summed E-state index contributed by atoms with van der Waals surface area (Å²) in [6.07, 6.45) is 1.67. The Morgan fingerprint density at radius 2 is 1.90 bits per heavy atom. The first kappa shape index (κ1) is 28.6. The summed E-state index contributed by atoms with van der Waals surface area (Å²) < 4.78 is 23.7. The molecule has 4 rings (SSSR count). The number of carboxylic acid groups (broad SMARTS) is 1. The van der Waals surface area contributed by atoms with Gasteiger partial charge in [-0.15, -0.1) is 0 Å². The number of nitrogens with zero attached hydrogens (tertiary/aromatic N) is 2. The van der Waals surface area contributed by atoms with Crippen LogP contribution >= 0.6 is 45.5 Å². The second-order valence-corrected chi connectivity index (χ2v) is 10.8. The molecule has 0 saturated heterocycles. The number of benzene rings is 2. The lowest BCUT2D eigenvalue weighted by Crippen LogP contribution is -2.40. The molecule has 0 saturated carbocycles. The summed E-state index contributed by atoms with van der Waals surface area (Å²) in [4.78, 5) is 42.6. The molecule has 0 radical (unpaired) electrons. The Kier molecular flexibility index (Phi) is 8.67. The minimum absolute atomic E-state index is 0.188. The number of esters is 1. The number of aromatic nitrogens is 1. The van der Waals surface area contributed by atoms with E-state index < -0.39 is 24.6 Å². The summed E-state index contributed by atoms with van der Waals surface area (Å²) in [6, 6.07) is 7.44. The SMILES string of the molecule is COC(=O)C1=C(C)N=c2s/c(=C\c3cc(I)c(OCC(=O)O)c(OC)c3)c(=O)n2[C@H]1c1cc(Cl)ccc1OC. The average Bonchev–Trinajstić information content (AvgIpc) is 3.20. The van der Waals surface area contributed by atoms with Crippen LogP contribution in [0, 0.1) is 3.57 Å². The second kappa shape index (κ2) is 11.8. The van der Waals surface area contributed by atoms with E-state index in [-0.39, 0.29) is 16.9 Å². The van der Waals surface area contributed by atoms with Crippen molar-refractivity contribution < 1.29 is 33.6 Å². The molecular formula is C26H22ClIN2O8S. The minimum atomic E-state index is -1.12. The molecule has 3 aromatic rings. The molecule has 1 atom stereocenters. The number of aliphatic carboxylic acids is 1. The second-order valence-electron chi connectivity index (χ2n) is 8.18. The van der Waals surface area contributed by atoms with E-state index in [0.717, 1.165) is 11.3 Å². The molecule has 0 unspecified atom stereocenters. The van der Waals surface area contributed by atoms with Crippen molar-refractivity contribution in [2.24, 2.45) is 4.99 Å². The van der Waals surface area contributed by atoms with Crippen LogP contribution in [0.15, 0.2) is 51.4 Å². The molecule has 10 nitrogen and oxygen atoms in total. The van der Waals surface area contributed by atoms with Crippen molar-refractivity contribution in [3.05, 3.63) is 81.0 Å². The van der Waals surface area contributed by atoms with Crippen molar-refractivity contribution in [2.75, 3.05) is 27.9 Å². The fraction of sp³-hybridized carbons (Fsp3) is 0.231. The number of carboxylic acids is 1. The first-order valence-corrected chi connectivity index (χ1v) is 13.5. The first-order valence-electron chi connectivity index (χ1n) is 11.3. The van der Waals surface area contributed by atoms with Gasteiger partial charge in [-0.05, 0) is 71.5 Å². The predicted molar refractivity (Wildman–Crippen MR) is 153 cm³/mol. The van der Waals surface area contributed by atoms with Crippen molar-refractivity contribution in [1.82, 2.24) is 4.57 Å². The Morgan fingerprint density at radius 3 is 2.54 bits per heavy atom. The number of hydrogen-bond donors (Lipinski definition) is 1. The molecule has 0 fully saturated rings. The van der Waals surface area contributed by atoms with Gasteiger partial charge < -0.3 is 24.1 Å². The Balaban J connectivity index is 1.93. The van der Waals surface area contributed by atoms with Crippen LogP contribution in [0.4, 0.5) is 0 Å². The normalized spacial score (nSPS) is 14.9. The molecule has 204 valence electrons. The molecule has 1 aromatic heterocycles. The summed E-state index contributed by atoms with van der Waals surface area (Å²) in [5.41, 5.74) is 1.32. The van der Waals surface area contributed by atoms with E-state index in [9.17, 15) is 14.4 Å². The van der Waals surface area contributed by atoms with E-state index in [2.05, 4.69) is 4.99 Å². The molecule has 2 heterocycles. The van der Waals surface area contributed by atoms with E-state index in [1.54, 1.807) is 43.3 Å². The summed E-state index contributed by atoms with van der Waals surface area (Å²) in [7, 11) is 4.19. The molecule has 39 heavy (non-hydrogen) atoms. The van der Waals surface area contributed by atoms with Gasteiger partial charge in [0, 0.05) is 10.6 Å². The Morgan fingerprint density at radius 1 is 1.18 bits per heavy atom. The van der Waals surface area contributed by atoms with Gasteiger partial charge in [-0.1, -0.05) is 22.9 Å². The third-order valence-corrected chi connectivity index (χ3v) is 7.82. The van der Waals surface area contributed by atoms with Crippen molar-refractivity contribution in [3.8, 4) is 17.2 Å². The van der Waals surface area contributed by atoms with E-state index >= 15 is 0 Å². The molecule has 13 heteroatoms. The number of ether oxygens (including phenoxy) is 4. The highest BCUT2D eigenvalue weighted by Gasteiger charge is 2.35. The third-order valence-electron chi connectivity index (χ3n) is 5.80. The van der Waals surface area contributed by atoms with E-state index in [1.807, 2.05) is 22.6 Å². The fourth-order valence-corrected chi connectivity index (χ4v) is 6.16. The van der Waals surface area contributed by atoms with E-state index in [0.29, 0.717) is 46.2 Å². The summed E-state index contributed by atoms with van der Waals surface area (Å²) >= 11 is 9.47. The van der Waals surface area contributed by atoms with Crippen molar-refractivity contribution in [1.29, 1.82) is 0 Å². The number of thiazole rings is 1. The molecule has 0 spiro atoms. The predicted octanol–water partition coefficient (Wildman–Crippen LogP) is 3.15. The van der Waals surface area contributed by atoms with Crippen LogP contribution in [0.5, 0.6) is 17.2 Å². The molecular weight excluding hydrogens is 663 g/mol. The highest BCUT2D eigenvalue weighted by molar-refractivity contribution is 14.1. The molecule has 0 aliphatic carbocycles. The van der Waals surface area contributed by atoms with Gasteiger partial charge in [0.25, 0.3) is 5.56 Å². The summed E-state index contributed by atoms with van der Waals surface area (Å²) in [6.45, 7) is 1.15. The summed E-state index contributed by atoms with van der Waals surface area (Å²) in [5.74, 6) is -0.719. The monoisotopic (exact) mass is 684 g/mol. The fourth-order valence-electron chi connectivity index (χ4n) is 4.15. The van der Waals surface area contributed by atoms with Gasteiger partial charge in [0.2, 0.25) is 0 Å². The van der Waals surface area contributed by atoms with Gasteiger partial charge in [-0.2, -0.15) is 0 Å². The molecule has 1 N–H and O–H groups in total. The zero-order chi connectivity index (χ0) is 28.4. The van der Waals surface area contributed by atoms with Crippen LogP contribution in [-0.2, 0) is 14.3 Å². The highest BCUT2D eigenvalue weighted by atomic mass is 127. The van der Waals surface area contributed by atoms with Crippen LogP contribution in [0.1, 0.15) is 24.1 Å². The Bertz CT molecular complexity index is 1690. The zero-order valence-corrected chi connectivity index (χ0v) is 24.8. The topological polar surface area (TPSA) is 126 Å². The summed E-state index contributed by atoms with van der Waals surface area (Å²) in [5, 5.41) is 9.36. The van der Waals surface area contributed by atoms with Gasteiger partial charge in [0.05, 0.1) is 40.7 Å². The highest BCUT2D eigenvalue weighted by Crippen LogP contribution is 2.37. The van der Waals surface area contributed by atoms with Crippen LogP contribution in [0.2, 0.25) is 5.02 Å². The Hall–Kier alpha value is -3.36. The number of rotatable bonds is 8. The lowest BCUT2D eigenvalue weighted by atomic mass is 9.95. The number of fused-ring (bicyclic) bond motifs is 1. The van der Waals surface area contributed by atoms with Gasteiger partial charge in [0.15, 0.2) is 22.9 Å². The van der Waals surface area contributed by atoms with Crippen molar-refractivity contribution in [2.45, 2.75) is 13.0 Å². The number of hydrogen-bond acceptors (Lipinski definition) is 9. The standard InChI is InChI=1S/C26H22ClIN2O8S/c1-12-21(25(34)37-4)22(15-10-14(27)5-6-17(15)35-2)30-24(33)19(39-26(30)29-12)9-13-7-16(28)23(18(8-13)36-3)38-11-20(31)32/h5-10,22H,11H2,1-4H3,(H,31,32)/b19-9-/t22-/m0/s1.